The van der Waals surface area contributed by atoms with E-state index in [2.05, 4.69) is 20.9 Å². The molecule has 0 aliphatic rings. The molecular weight excluding hydrogens is 300 g/mol. The standard InChI is InChI=1S/C16H13ClN4O/c1-3-6-21(2)16(22)13-7-10(8-19-13)14-11-4-5-18-15(11)20-9-12(14)17/h1,4-5,7-9,19H,6H2,2H3,(H,18,20). The Morgan fingerprint density at radius 1 is 1.50 bits per heavy atom. The fourth-order valence-corrected chi connectivity index (χ4v) is 2.61. The van der Waals surface area contributed by atoms with Crippen molar-refractivity contribution in [2.75, 3.05) is 13.6 Å². The van der Waals surface area contributed by atoms with Gasteiger partial charge >= 0.3 is 0 Å². The molecule has 0 aromatic carbocycles. The topological polar surface area (TPSA) is 64.8 Å². The molecule has 1 amide bonds. The van der Waals surface area contributed by atoms with Gasteiger partial charge in [0, 0.05) is 42.2 Å². The monoisotopic (exact) mass is 312 g/mol. The third-order valence-electron chi connectivity index (χ3n) is 3.42. The van der Waals surface area contributed by atoms with E-state index in [0.29, 0.717) is 10.7 Å². The van der Waals surface area contributed by atoms with E-state index < -0.39 is 0 Å². The number of hydrogen-bond donors (Lipinski definition) is 2. The molecule has 0 aliphatic carbocycles. The minimum Gasteiger partial charge on any atom is -0.357 e. The molecule has 0 radical (unpaired) electrons. The van der Waals surface area contributed by atoms with Crippen molar-refractivity contribution in [1.82, 2.24) is 19.9 Å². The maximum Gasteiger partial charge on any atom is 0.270 e. The quantitative estimate of drug-likeness (QED) is 0.730. The van der Waals surface area contributed by atoms with Crippen LogP contribution in [0.15, 0.2) is 30.7 Å². The average Bonchev–Trinajstić information content (AvgIpc) is 3.15. The molecule has 0 bridgehead atoms. The first kappa shape index (κ1) is 14.2. The second-order valence-electron chi connectivity index (χ2n) is 4.89. The number of terminal acetylenes is 1. The van der Waals surface area contributed by atoms with Crippen LogP contribution in [-0.4, -0.2) is 39.4 Å². The summed E-state index contributed by atoms with van der Waals surface area (Å²) in [4.78, 5) is 23.9. The summed E-state index contributed by atoms with van der Waals surface area (Å²) < 4.78 is 0. The predicted molar refractivity (Wildman–Crippen MR) is 86.7 cm³/mol. The van der Waals surface area contributed by atoms with E-state index in [1.165, 1.54) is 4.90 Å². The zero-order valence-electron chi connectivity index (χ0n) is 11.9. The minimum absolute atomic E-state index is 0.167. The number of hydrogen-bond acceptors (Lipinski definition) is 2. The molecule has 0 atom stereocenters. The highest BCUT2D eigenvalue weighted by Crippen LogP contribution is 2.34. The number of fused-ring (bicyclic) bond motifs is 1. The molecule has 0 unspecified atom stereocenters. The van der Waals surface area contributed by atoms with Gasteiger partial charge in [-0.25, -0.2) is 4.98 Å². The van der Waals surface area contributed by atoms with Crippen LogP contribution in [-0.2, 0) is 0 Å². The molecule has 0 aliphatic heterocycles. The number of carbonyl (C=O) groups excluding carboxylic acids is 1. The lowest BCUT2D eigenvalue weighted by molar-refractivity contribution is 0.0807. The molecule has 22 heavy (non-hydrogen) atoms. The van der Waals surface area contributed by atoms with E-state index in [-0.39, 0.29) is 12.5 Å². The summed E-state index contributed by atoms with van der Waals surface area (Å²) in [5, 5.41) is 1.43. The van der Waals surface area contributed by atoms with Gasteiger partial charge in [-0.1, -0.05) is 17.5 Å². The fourth-order valence-electron chi connectivity index (χ4n) is 2.35. The number of halogens is 1. The van der Waals surface area contributed by atoms with Crippen LogP contribution < -0.4 is 0 Å². The molecule has 6 heteroatoms. The van der Waals surface area contributed by atoms with Gasteiger partial charge in [-0.15, -0.1) is 6.42 Å². The van der Waals surface area contributed by atoms with Gasteiger partial charge in [-0.2, -0.15) is 0 Å². The van der Waals surface area contributed by atoms with Gasteiger partial charge in [-0.3, -0.25) is 4.79 Å². The smallest absolute Gasteiger partial charge is 0.270 e. The van der Waals surface area contributed by atoms with E-state index in [0.717, 1.165) is 22.2 Å². The first-order chi connectivity index (χ1) is 10.6. The van der Waals surface area contributed by atoms with Crippen molar-refractivity contribution in [2.45, 2.75) is 0 Å². The molecule has 110 valence electrons. The molecule has 0 saturated carbocycles. The van der Waals surface area contributed by atoms with Crippen LogP contribution in [0.1, 0.15) is 10.5 Å². The van der Waals surface area contributed by atoms with E-state index in [1.54, 1.807) is 31.7 Å². The van der Waals surface area contributed by atoms with Crippen LogP contribution in [0.3, 0.4) is 0 Å². The first-order valence-corrected chi connectivity index (χ1v) is 6.99. The first-order valence-electron chi connectivity index (χ1n) is 6.61. The van der Waals surface area contributed by atoms with Crippen LogP contribution in [0.4, 0.5) is 0 Å². The number of nitrogens with zero attached hydrogens (tertiary/aromatic N) is 2. The summed E-state index contributed by atoms with van der Waals surface area (Å²) in [5.74, 6) is 2.28. The Morgan fingerprint density at radius 2 is 2.32 bits per heavy atom. The van der Waals surface area contributed by atoms with Crippen molar-refractivity contribution >= 4 is 28.5 Å². The summed E-state index contributed by atoms with van der Waals surface area (Å²) in [6.07, 6.45) is 10.4. The Kier molecular flexibility index (Phi) is 3.61. The van der Waals surface area contributed by atoms with Gasteiger partial charge in [0.15, 0.2) is 0 Å². The van der Waals surface area contributed by atoms with Gasteiger partial charge in [0.1, 0.15) is 11.3 Å². The normalized spacial score (nSPS) is 10.6. The summed E-state index contributed by atoms with van der Waals surface area (Å²) in [7, 11) is 1.66. The van der Waals surface area contributed by atoms with Gasteiger partial charge < -0.3 is 14.9 Å². The summed E-state index contributed by atoms with van der Waals surface area (Å²) in [6.45, 7) is 0.255. The molecule has 3 aromatic heterocycles. The Balaban J connectivity index is 2.03. The van der Waals surface area contributed by atoms with E-state index >= 15 is 0 Å². The number of nitrogens with one attached hydrogen (secondary N) is 2. The second kappa shape index (κ2) is 5.58. The molecule has 5 nitrogen and oxygen atoms in total. The predicted octanol–water partition coefficient (Wildman–Crippen LogP) is 2.92. The van der Waals surface area contributed by atoms with Crippen molar-refractivity contribution in [3.05, 3.63) is 41.4 Å². The molecule has 0 saturated heterocycles. The van der Waals surface area contributed by atoms with E-state index in [1.807, 2.05) is 6.07 Å². The third kappa shape index (κ3) is 2.34. The largest absolute Gasteiger partial charge is 0.357 e. The number of aromatic nitrogens is 3. The van der Waals surface area contributed by atoms with Crippen molar-refractivity contribution in [1.29, 1.82) is 0 Å². The van der Waals surface area contributed by atoms with Crippen molar-refractivity contribution < 1.29 is 4.79 Å². The Labute approximate surface area is 132 Å². The molecule has 0 fully saturated rings. The van der Waals surface area contributed by atoms with Crippen LogP contribution in [0.5, 0.6) is 0 Å². The molecule has 3 rings (SSSR count). The van der Waals surface area contributed by atoms with Crippen molar-refractivity contribution in [3.8, 4) is 23.5 Å². The third-order valence-corrected chi connectivity index (χ3v) is 3.70. The summed E-state index contributed by atoms with van der Waals surface area (Å²) in [5.41, 5.74) is 2.87. The number of carbonyl (C=O) groups is 1. The molecule has 3 heterocycles. The maximum absolute atomic E-state index is 12.2. The number of amides is 1. The molecule has 2 N–H and O–H groups in total. The van der Waals surface area contributed by atoms with Crippen molar-refractivity contribution in [3.63, 3.8) is 0 Å². The fraction of sp³-hybridized carbons (Fsp3) is 0.125. The number of rotatable bonds is 3. The SMILES string of the molecule is C#CCN(C)C(=O)c1cc(-c2c(Cl)cnc3[nH]ccc23)c[nH]1. The van der Waals surface area contributed by atoms with Gasteiger partial charge in [0.2, 0.25) is 0 Å². The Morgan fingerprint density at radius 3 is 3.09 bits per heavy atom. The summed E-state index contributed by atoms with van der Waals surface area (Å²) in [6, 6.07) is 3.67. The zero-order valence-corrected chi connectivity index (χ0v) is 12.6. The number of H-pyrrole nitrogens is 2. The van der Waals surface area contributed by atoms with E-state index in [4.69, 9.17) is 18.0 Å². The molecule has 0 spiro atoms. The van der Waals surface area contributed by atoms with Crippen molar-refractivity contribution in [2.24, 2.45) is 0 Å². The van der Waals surface area contributed by atoms with Gasteiger partial charge in [-0.05, 0) is 12.1 Å². The van der Waals surface area contributed by atoms with Crippen LogP contribution in [0.2, 0.25) is 5.02 Å². The Hall–Kier alpha value is -2.71. The highest BCUT2D eigenvalue weighted by Gasteiger charge is 2.16. The van der Waals surface area contributed by atoms with Gasteiger partial charge in [0.05, 0.1) is 11.6 Å². The highest BCUT2D eigenvalue weighted by atomic mass is 35.5. The number of pyridine rings is 1. The second-order valence-corrected chi connectivity index (χ2v) is 5.30. The zero-order chi connectivity index (χ0) is 15.7. The van der Waals surface area contributed by atoms with Gasteiger partial charge in [0.25, 0.3) is 5.91 Å². The van der Waals surface area contributed by atoms with Crippen LogP contribution >= 0.6 is 11.6 Å². The van der Waals surface area contributed by atoms with Crippen LogP contribution in [0, 0.1) is 12.3 Å². The lowest BCUT2D eigenvalue weighted by Crippen LogP contribution is -2.27. The van der Waals surface area contributed by atoms with E-state index in [9.17, 15) is 4.79 Å². The number of aromatic amines is 2. The highest BCUT2D eigenvalue weighted by molar-refractivity contribution is 6.34. The summed E-state index contributed by atoms with van der Waals surface area (Å²) >= 11 is 6.28. The lowest BCUT2D eigenvalue weighted by Gasteiger charge is -2.11. The molecule has 3 aromatic rings. The minimum atomic E-state index is -0.167. The van der Waals surface area contributed by atoms with Crippen LogP contribution in [0.25, 0.3) is 22.2 Å². The lowest BCUT2D eigenvalue weighted by atomic mass is 10.1. The Bertz CT molecular complexity index is 887. The molecular formula is C16H13ClN4O. The average molecular weight is 313 g/mol. The maximum atomic E-state index is 12.2.